The third kappa shape index (κ3) is 15.7. The first-order chi connectivity index (χ1) is 26.8. The molecule has 0 bridgehead atoms. The van der Waals surface area contributed by atoms with Crippen molar-refractivity contribution in [3.05, 3.63) is 92.1 Å². The Hall–Kier alpha value is -2.33. The molecular weight excluding hydrogens is 1060 g/mol. The van der Waals surface area contributed by atoms with E-state index in [0.717, 1.165) is 38.1 Å². The minimum Gasteiger partial charge on any atom is -0.421 e. The average molecular weight is 1120 g/mol. The molecule has 18 heteroatoms. The number of hydrogen-bond acceptors (Lipinski definition) is 7. The number of rotatable bonds is 8. The number of halogens is 6. The second-order valence-corrected chi connectivity index (χ2v) is 25.5. The van der Waals surface area contributed by atoms with Crippen molar-refractivity contribution < 1.29 is 79.1 Å². The molecule has 0 aliphatic rings. The number of hydrogen-bond donors (Lipinski definition) is 0. The Morgan fingerprint density at radius 3 is 0.774 bits per heavy atom. The van der Waals surface area contributed by atoms with E-state index in [2.05, 4.69) is 179 Å². The predicted molar refractivity (Wildman–Crippen MR) is 234 cm³/mol. The molecular formula is C44H63AuF6NO7PS2. The van der Waals surface area contributed by atoms with E-state index in [9.17, 15) is 43.2 Å². The van der Waals surface area contributed by atoms with Gasteiger partial charge in [0.25, 0.3) is 0 Å². The quantitative estimate of drug-likeness (QED) is 0.125. The van der Waals surface area contributed by atoms with Crippen LogP contribution in [0.3, 0.4) is 0 Å². The van der Waals surface area contributed by atoms with Crippen molar-refractivity contribution >= 4 is 28.6 Å². The average Bonchev–Trinajstić information content (AvgIpc) is 3.01. The third-order valence-electron chi connectivity index (χ3n) is 9.26. The zero-order valence-corrected chi connectivity index (χ0v) is 43.5. The van der Waals surface area contributed by atoms with E-state index >= 15 is 0 Å². The molecule has 0 radical (unpaired) electrons. The van der Waals surface area contributed by atoms with Gasteiger partial charge in [0.15, 0.2) is 20.0 Å². The zero-order valence-electron chi connectivity index (χ0n) is 38.8. The molecule has 0 unspecified atom stereocenters. The fourth-order valence-corrected chi connectivity index (χ4v) is 8.28. The Kier molecular flexibility index (Phi) is 17.9. The summed E-state index contributed by atoms with van der Waals surface area (Å²) in [5, 5.41) is 0. The van der Waals surface area contributed by atoms with E-state index in [4.69, 9.17) is 13.6 Å². The van der Waals surface area contributed by atoms with Crippen molar-refractivity contribution in [1.82, 2.24) is 0 Å². The number of benzene rings is 3. The summed E-state index contributed by atoms with van der Waals surface area (Å²) in [5.74, 6) is 2.37. The smallest absolute Gasteiger partial charge is 0.421 e. The minimum atomic E-state index is -6.72. The number of nitrogens with zero attached hydrogens (tertiary/aromatic N) is 1. The molecule has 0 spiro atoms. The summed E-state index contributed by atoms with van der Waals surface area (Å²) >= 11 is 0. The van der Waals surface area contributed by atoms with Gasteiger partial charge in [-0.2, -0.15) is 26.3 Å². The van der Waals surface area contributed by atoms with E-state index in [1.54, 1.807) is 0 Å². The number of sulfonamides is 2. The Morgan fingerprint density at radius 2 is 0.613 bits per heavy atom. The summed E-state index contributed by atoms with van der Waals surface area (Å²) < 4.78 is 130. The van der Waals surface area contributed by atoms with E-state index in [1.165, 1.54) is 16.7 Å². The standard InChI is InChI=1S/C42H63O3P.C2F6NO4S2.Au/c1-37(2,3)28-19-22-34(31(25-28)40(10,11)12)43-46(44-35-23-20-29(38(4,5)6)26-32(35)41(13,14)15)45-36-24-21-30(39(7,8)9)27-33(36)42(16,17)18;3-1(4,5)14(10,11)9-15(12,13)2(6,7)8;/h19-27H,1-18H3;;/q;-1;+1. The minimum absolute atomic E-state index is 0. The Balaban J connectivity index is 0.00000102. The Bertz CT molecular complexity index is 2010. The van der Waals surface area contributed by atoms with Crippen LogP contribution in [0.4, 0.5) is 26.3 Å². The van der Waals surface area contributed by atoms with Gasteiger partial charge in [-0.3, -0.25) is 0 Å². The normalized spacial score (nSPS) is 13.8. The Labute approximate surface area is 383 Å². The van der Waals surface area contributed by atoms with E-state index < -0.39 is 39.7 Å². The predicted octanol–water partition coefficient (Wildman–Crippen LogP) is 14.3. The second kappa shape index (κ2) is 19.3. The van der Waals surface area contributed by atoms with Gasteiger partial charge in [0.05, 0.1) is 0 Å². The van der Waals surface area contributed by atoms with Crippen LogP contribution in [0.2, 0.25) is 0 Å². The molecule has 0 N–H and O–H groups in total. The second-order valence-electron chi connectivity index (χ2n) is 21.0. The molecule has 0 fully saturated rings. The first kappa shape index (κ1) is 57.7. The van der Waals surface area contributed by atoms with Crippen LogP contribution in [0, 0.1) is 0 Å². The van der Waals surface area contributed by atoms with E-state index in [0.29, 0.717) is 0 Å². The van der Waals surface area contributed by atoms with E-state index in [-0.39, 0.29) is 54.9 Å². The van der Waals surface area contributed by atoms with Crippen LogP contribution in [0.5, 0.6) is 17.2 Å². The summed E-state index contributed by atoms with van der Waals surface area (Å²) in [4.78, 5) is 0. The maximum absolute atomic E-state index is 11.4. The summed E-state index contributed by atoms with van der Waals surface area (Å²) in [7, 11) is -15.3. The molecule has 62 heavy (non-hydrogen) atoms. The maximum atomic E-state index is 11.4. The van der Waals surface area contributed by atoms with Gasteiger partial charge in [-0.05, 0) is 67.4 Å². The molecule has 0 aliphatic heterocycles. The molecule has 3 aromatic rings. The summed E-state index contributed by atoms with van der Waals surface area (Å²) in [6.07, 6.45) is 0. The Morgan fingerprint density at radius 1 is 0.403 bits per heavy atom. The van der Waals surface area contributed by atoms with Gasteiger partial charge in [-0.25, -0.2) is 16.8 Å². The molecule has 0 heterocycles. The van der Waals surface area contributed by atoms with Gasteiger partial charge < -0.3 is 17.7 Å². The molecule has 0 atom stereocenters. The molecule has 0 aromatic heterocycles. The SMILES string of the molecule is CC(C)(C)c1ccc(OP(Oc2ccc(C(C)(C)C)cc2C(C)(C)C)Oc2ccc(C(C)(C)C)cc2C(C)(C)C)c(C(C)(C)C)c1.O=S(=O)([N-]S(=O)(=O)C(F)(F)F)C(F)(F)F.[Au+]. The van der Waals surface area contributed by atoms with Crippen LogP contribution in [-0.4, -0.2) is 27.9 Å². The molecule has 8 nitrogen and oxygen atoms in total. The van der Waals surface area contributed by atoms with E-state index in [1.807, 2.05) is 0 Å². The van der Waals surface area contributed by atoms with Crippen LogP contribution in [0.1, 0.15) is 158 Å². The van der Waals surface area contributed by atoms with Gasteiger partial charge in [-0.15, -0.1) is 0 Å². The van der Waals surface area contributed by atoms with Crippen molar-refractivity contribution in [2.75, 3.05) is 0 Å². The van der Waals surface area contributed by atoms with Crippen molar-refractivity contribution in [1.29, 1.82) is 0 Å². The largest absolute Gasteiger partial charge is 1.00 e. The molecule has 3 aromatic carbocycles. The van der Waals surface area contributed by atoms with Crippen molar-refractivity contribution in [3.63, 3.8) is 0 Å². The van der Waals surface area contributed by atoms with Crippen LogP contribution in [0.15, 0.2) is 54.6 Å². The van der Waals surface area contributed by atoms with Crippen molar-refractivity contribution in [3.8, 4) is 17.2 Å². The summed E-state index contributed by atoms with van der Waals surface area (Å²) in [6.45, 7) is 40.3. The van der Waals surface area contributed by atoms with Gasteiger partial charge >= 0.3 is 42.0 Å². The first-order valence-corrected chi connectivity index (χ1v) is 23.4. The van der Waals surface area contributed by atoms with Crippen LogP contribution in [0.25, 0.3) is 4.13 Å². The van der Waals surface area contributed by atoms with Crippen molar-refractivity contribution in [2.45, 2.75) is 168 Å². The first-order valence-electron chi connectivity index (χ1n) is 19.4. The van der Waals surface area contributed by atoms with Crippen LogP contribution >= 0.6 is 8.60 Å². The molecule has 0 saturated carbocycles. The fourth-order valence-electron chi connectivity index (χ4n) is 5.50. The molecule has 356 valence electrons. The molecule has 0 saturated heterocycles. The summed E-state index contributed by atoms with van der Waals surface area (Å²) in [6, 6.07) is 19.7. The van der Waals surface area contributed by atoms with Crippen molar-refractivity contribution in [2.24, 2.45) is 0 Å². The zero-order chi connectivity index (χ0) is 48.0. The van der Waals surface area contributed by atoms with Gasteiger partial charge in [0.1, 0.15) is 17.2 Å². The van der Waals surface area contributed by atoms with Crippen LogP contribution < -0.4 is 13.6 Å². The van der Waals surface area contributed by atoms with Crippen LogP contribution in [-0.2, 0) is 74.9 Å². The fraction of sp³-hybridized carbons (Fsp3) is 0.591. The monoisotopic (exact) mass is 1120 g/mol. The number of alkyl halides is 6. The van der Waals surface area contributed by atoms with Gasteiger partial charge in [0.2, 0.25) is 0 Å². The molecule has 0 aliphatic carbocycles. The topological polar surface area (TPSA) is 110 Å². The van der Waals surface area contributed by atoms with Gasteiger partial charge in [0, 0.05) is 16.7 Å². The maximum Gasteiger partial charge on any atom is 1.00 e. The molecule has 3 rings (SSSR count). The third-order valence-corrected chi connectivity index (χ3v) is 13.0. The van der Waals surface area contributed by atoms with Gasteiger partial charge in [-0.1, -0.05) is 161 Å². The summed E-state index contributed by atoms with van der Waals surface area (Å²) in [5.41, 5.74) is -5.56. The molecule has 0 amide bonds.